The number of carbonyl (C=O) groups is 1. The average Bonchev–Trinajstić information content (AvgIpc) is 2.83. The molecule has 2 N–H and O–H groups in total. The first-order valence-corrected chi connectivity index (χ1v) is 10.6. The smallest absolute Gasteiger partial charge is 0.253 e. The van der Waals surface area contributed by atoms with Crippen molar-refractivity contribution in [3.05, 3.63) is 107 Å². The highest BCUT2D eigenvalue weighted by atomic mass is 35.5. The number of hydrogen-bond donors (Lipinski definition) is 1. The lowest BCUT2D eigenvalue weighted by atomic mass is 9.88. The summed E-state index contributed by atoms with van der Waals surface area (Å²) in [7, 11) is 0. The molecule has 0 atom stereocenters. The minimum atomic E-state index is 0. The zero-order valence-electron chi connectivity index (χ0n) is 17.6. The molecule has 1 heterocycles. The van der Waals surface area contributed by atoms with E-state index in [1.165, 1.54) is 11.1 Å². The molecule has 0 aromatic heterocycles. The van der Waals surface area contributed by atoms with E-state index in [0.717, 1.165) is 42.6 Å². The summed E-state index contributed by atoms with van der Waals surface area (Å²) in [5.74, 6) is 0.625. The minimum Gasteiger partial charge on any atom is -0.339 e. The number of nitrogens with two attached hydrogens (primary N) is 1. The zero-order chi connectivity index (χ0) is 20.8. The molecule has 1 amide bonds. The molecule has 0 radical (unpaired) electrons. The summed E-state index contributed by atoms with van der Waals surface area (Å²) in [6.45, 7) is 2.15. The molecule has 1 fully saturated rings. The monoisotopic (exact) mass is 432 g/mol. The first-order valence-electron chi connectivity index (χ1n) is 10.6. The summed E-state index contributed by atoms with van der Waals surface area (Å²) >= 11 is 0. The predicted molar refractivity (Wildman–Crippen MR) is 131 cm³/mol. The Morgan fingerprint density at radius 1 is 0.871 bits per heavy atom. The normalized spacial score (nSPS) is 14.4. The van der Waals surface area contributed by atoms with Gasteiger partial charge >= 0.3 is 0 Å². The maximum Gasteiger partial charge on any atom is 0.253 e. The Morgan fingerprint density at radius 2 is 1.55 bits per heavy atom. The molecule has 1 saturated heterocycles. The number of halogens is 1. The third-order valence-electron chi connectivity index (χ3n) is 5.84. The maximum atomic E-state index is 13.1. The summed E-state index contributed by atoms with van der Waals surface area (Å²) < 4.78 is 0. The standard InChI is InChI=1S/C27H28N2O.ClH/c28-20-23-9-5-10-25(19-23)24-14-16-29(17-15-24)27(30)26-11-4-8-22(18-26)13-12-21-6-2-1-3-7-21;/h1-13,18-19,24H,14-17,20,28H2;1H/b13-12+;. The van der Waals surface area contributed by atoms with Gasteiger partial charge in [0.15, 0.2) is 0 Å². The number of piperidine rings is 1. The lowest BCUT2D eigenvalue weighted by molar-refractivity contribution is 0.0713. The molecule has 3 aromatic rings. The Morgan fingerprint density at radius 3 is 2.29 bits per heavy atom. The van der Waals surface area contributed by atoms with Gasteiger partial charge in [0.1, 0.15) is 0 Å². The second-order valence-electron chi connectivity index (χ2n) is 7.89. The molecule has 0 unspecified atom stereocenters. The molecule has 0 aliphatic carbocycles. The molecular formula is C27H29ClN2O. The second kappa shape index (κ2) is 10.9. The van der Waals surface area contributed by atoms with Crippen LogP contribution in [0.5, 0.6) is 0 Å². The Balaban J connectivity index is 0.00000272. The number of amides is 1. The Bertz CT molecular complexity index is 1020. The lowest BCUT2D eigenvalue weighted by Crippen LogP contribution is -2.37. The van der Waals surface area contributed by atoms with Crippen LogP contribution in [0.15, 0.2) is 78.9 Å². The topological polar surface area (TPSA) is 46.3 Å². The van der Waals surface area contributed by atoms with Crippen LogP contribution < -0.4 is 5.73 Å². The molecule has 4 rings (SSSR count). The van der Waals surface area contributed by atoms with E-state index in [1.54, 1.807) is 0 Å². The average molecular weight is 433 g/mol. The number of benzene rings is 3. The van der Waals surface area contributed by atoms with Crippen LogP contribution in [0.25, 0.3) is 12.2 Å². The largest absolute Gasteiger partial charge is 0.339 e. The van der Waals surface area contributed by atoms with Gasteiger partial charge in [-0.1, -0.05) is 78.9 Å². The molecule has 31 heavy (non-hydrogen) atoms. The molecule has 0 spiro atoms. The fraction of sp³-hybridized carbons (Fsp3) is 0.222. The fourth-order valence-corrected chi connectivity index (χ4v) is 4.10. The van der Waals surface area contributed by atoms with Crippen molar-refractivity contribution < 1.29 is 4.79 Å². The van der Waals surface area contributed by atoms with Crippen molar-refractivity contribution in [1.82, 2.24) is 4.90 Å². The number of nitrogens with zero attached hydrogens (tertiary/aromatic N) is 1. The molecule has 3 nitrogen and oxygen atoms in total. The van der Waals surface area contributed by atoms with E-state index in [0.29, 0.717) is 12.5 Å². The molecule has 3 aromatic carbocycles. The van der Waals surface area contributed by atoms with E-state index in [9.17, 15) is 4.79 Å². The van der Waals surface area contributed by atoms with Gasteiger partial charge in [-0.05, 0) is 53.1 Å². The van der Waals surface area contributed by atoms with Gasteiger partial charge in [-0.15, -0.1) is 12.4 Å². The molecule has 1 aliphatic rings. The summed E-state index contributed by atoms with van der Waals surface area (Å²) in [5, 5.41) is 0. The molecular weight excluding hydrogens is 404 g/mol. The summed E-state index contributed by atoms with van der Waals surface area (Å²) in [6, 6.07) is 26.6. The minimum absolute atomic E-state index is 0. The van der Waals surface area contributed by atoms with Crippen molar-refractivity contribution in [3.63, 3.8) is 0 Å². The first kappa shape index (κ1) is 22.8. The third-order valence-corrected chi connectivity index (χ3v) is 5.84. The Labute approximate surface area is 191 Å². The maximum absolute atomic E-state index is 13.1. The van der Waals surface area contributed by atoms with Crippen molar-refractivity contribution in [3.8, 4) is 0 Å². The molecule has 1 aliphatic heterocycles. The highest BCUT2D eigenvalue weighted by molar-refractivity contribution is 5.95. The quantitative estimate of drug-likeness (QED) is 0.521. The number of likely N-dealkylation sites (tertiary alicyclic amines) is 1. The van der Waals surface area contributed by atoms with Crippen LogP contribution in [0.1, 0.15) is 51.4 Å². The van der Waals surface area contributed by atoms with Crippen LogP contribution in [0, 0.1) is 0 Å². The fourth-order valence-electron chi connectivity index (χ4n) is 4.10. The van der Waals surface area contributed by atoms with Crippen molar-refractivity contribution in [2.24, 2.45) is 5.73 Å². The van der Waals surface area contributed by atoms with E-state index in [4.69, 9.17) is 5.73 Å². The summed E-state index contributed by atoms with van der Waals surface area (Å²) in [6.07, 6.45) is 6.12. The zero-order valence-corrected chi connectivity index (χ0v) is 18.4. The highest BCUT2D eigenvalue weighted by Gasteiger charge is 2.24. The van der Waals surface area contributed by atoms with E-state index < -0.39 is 0 Å². The number of hydrogen-bond acceptors (Lipinski definition) is 2. The molecule has 0 bridgehead atoms. The van der Waals surface area contributed by atoms with Gasteiger partial charge in [-0.25, -0.2) is 0 Å². The SMILES string of the molecule is Cl.NCc1cccc(C2CCN(C(=O)c3cccc(/C=C/c4ccccc4)c3)CC2)c1. The van der Waals surface area contributed by atoms with E-state index >= 15 is 0 Å². The lowest BCUT2D eigenvalue weighted by Gasteiger charge is -2.32. The Kier molecular flexibility index (Phi) is 8.05. The summed E-state index contributed by atoms with van der Waals surface area (Å²) in [5.41, 5.74) is 11.2. The van der Waals surface area contributed by atoms with Crippen molar-refractivity contribution in [1.29, 1.82) is 0 Å². The van der Waals surface area contributed by atoms with Gasteiger partial charge < -0.3 is 10.6 Å². The summed E-state index contributed by atoms with van der Waals surface area (Å²) in [4.78, 5) is 15.0. The van der Waals surface area contributed by atoms with Gasteiger partial charge in [0.2, 0.25) is 0 Å². The van der Waals surface area contributed by atoms with Crippen LogP contribution in [0.3, 0.4) is 0 Å². The van der Waals surface area contributed by atoms with Crippen molar-refractivity contribution in [2.45, 2.75) is 25.3 Å². The van der Waals surface area contributed by atoms with E-state index in [-0.39, 0.29) is 18.3 Å². The van der Waals surface area contributed by atoms with Crippen LogP contribution >= 0.6 is 12.4 Å². The highest BCUT2D eigenvalue weighted by Crippen LogP contribution is 2.29. The first-order chi connectivity index (χ1) is 14.7. The van der Waals surface area contributed by atoms with E-state index in [1.807, 2.05) is 47.4 Å². The van der Waals surface area contributed by atoms with Crippen LogP contribution in [0.2, 0.25) is 0 Å². The van der Waals surface area contributed by atoms with E-state index in [2.05, 4.69) is 48.6 Å². The van der Waals surface area contributed by atoms with Gasteiger partial charge in [-0.3, -0.25) is 4.79 Å². The second-order valence-corrected chi connectivity index (χ2v) is 7.89. The van der Waals surface area contributed by atoms with Crippen molar-refractivity contribution in [2.75, 3.05) is 13.1 Å². The van der Waals surface area contributed by atoms with Gasteiger partial charge in [0, 0.05) is 25.2 Å². The van der Waals surface area contributed by atoms with Crippen LogP contribution in [-0.4, -0.2) is 23.9 Å². The molecule has 4 heteroatoms. The van der Waals surface area contributed by atoms with Gasteiger partial charge in [0.05, 0.1) is 0 Å². The predicted octanol–water partition coefficient (Wildman–Crippen LogP) is 5.76. The third kappa shape index (κ3) is 5.84. The number of rotatable bonds is 5. The van der Waals surface area contributed by atoms with Gasteiger partial charge in [-0.2, -0.15) is 0 Å². The molecule has 0 saturated carbocycles. The van der Waals surface area contributed by atoms with Crippen LogP contribution in [-0.2, 0) is 6.54 Å². The molecule has 160 valence electrons. The van der Waals surface area contributed by atoms with Crippen LogP contribution in [0.4, 0.5) is 0 Å². The van der Waals surface area contributed by atoms with Gasteiger partial charge in [0.25, 0.3) is 5.91 Å². The Hall–Kier alpha value is -2.88. The number of carbonyl (C=O) groups excluding carboxylic acids is 1. The van der Waals surface area contributed by atoms with Crippen molar-refractivity contribution >= 4 is 30.5 Å².